The zero-order chi connectivity index (χ0) is 15.5. The summed E-state index contributed by atoms with van der Waals surface area (Å²) < 4.78 is 1.85. The summed E-state index contributed by atoms with van der Waals surface area (Å²) >= 11 is 6.00. The van der Waals surface area contributed by atoms with Gasteiger partial charge >= 0.3 is 0 Å². The highest BCUT2D eigenvalue weighted by molar-refractivity contribution is 6.31. The summed E-state index contributed by atoms with van der Waals surface area (Å²) in [5.74, 6) is 0.117. The lowest BCUT2D eigenvalue weighted by Crippen LogP contribution is -2.34. The normalized spacial score (nSPS) is 15.8. The minimum atomic E-state index is 0.117. The number of amides is 1. The topological polar surface area (TPSA) is 42.3 Å². The second kappa shape index (κ2) is 6.53. The smallest absolute Gasteiger partial charge is 0.242 e. The summed E-state index contributed by atoms with van der Waals surface area (Å²) in [5.41, 5.74) is 1.44. The Hall–Kier alpha value is -1.81. The molecule has 22 heavy (non-hydrogen) atoms. The van der Waals surface area contributed by atoms with Crippen molar-refractivity contribution < 1.29 is 9.59 Å². The molecule has 1 aliphatic heterocycles. The van der Waals surface area contributed by atoms with E-state index in [1.807, 2.05) is 15.5 Å². The molecular weight excluding hydrogens is 300 g/mol. The van der Waals surface area contributed by atoms with Crippen molar-refractivity contribution in [3.63, 3.8) is 0 Å². The van der Waals surface area contributed by atoms with E-state index >= 15 is 0 Å². The van der Waals surface area contributed by atoms with Gasteiger partial charge in [-0.05, 0) is 31.0 Å². The Bertz CT molecular complexity index is 700. The lowest BCUT2D eigenvalue weighted by molar-refractivity contribution is -0.131. The third-order valence-electron chi connectivity index (χ3n) is 4.27. The third kappa shape index (κ3) is 3.02. The fourth-order valence-corrected chi connectivity index (χ4v) is 3.26. The summed E-state index contributed by atoms with van der Waals surface area (Å²) in [4.78, 5) is 25.7. The van der Waals surface area contributed by atoms with E-state index < -0.39 is 0 Å². The maximum Gasteiger partial charge on any atom is 0.242 e. The molecule has 1 fully saturated rings. The third-order valence-corrected chi connectivity index (χ3v) is 4.50. The molecule has 0 unspecified atom stereocenters. The Morgan fingerprint density at radius 2 is 1.91 bits per heavy atom. The Morgan fingerprint density at radius 3 is 2.59 bits per heavy atom. The van der Waals surface area contributed by atoms with Crippen LogP contribution in [0, 0.1) is 0 Å². The lowest BCUT2D eigenvalue weighted by Gasteiger charge is -2.20. The number of aldehydes is 1. The molecule has 1 amide bonds. The molecule has 4 nitrogen and oxygen atoms in total. The van der Waals surface area contributed by atoms with Crippen molar-refractivity contribution in [1.29, 1.82) is 0 Å². The van der Waals surface area contributed by atoms with E-state index in [4.69, 9.17) is 11.6 Å². The molecule has 1 aromatic heterocycles. The maximum atomic E-state index is 12.5. The first-order chi connectivity index (χ1) is 10.7. The van der Waals surface area contributed by atoms with Gasteiger partial charge in [0.1, 0.15) is 6.54 Å². The van der Waals surface area contributed by atoms with Crippen LogP contribution >= 0.6 is 11.6 Å². The molecular formula is C17H19ClN2O2. The van der Waals surface area contributed by atoms with Crippen molar-refractivity contribution >= 4 is 34.7 Å². The van der Waals surface area contributed by atoms with Gasteiger partial charge in [0.2, 0.25) is 5.91 Å². The van der Waals surface area contributed by atoms with Crippen LogP contribution in [-0.4, -0.2) is 34.7 Å². The highest BCUT2D eigenvalue weighted by Gasteiger charge is 2.17. The molecule has 1 saturated heterocycles. The van der Waals surface area contributed by atoms with E-state index in [2.05, 4.69) is 0 Å². The van der Waals surface area contributed by atoms with Crippen LogP contribution in [0.3, 0.4) is 0 Å². The average molecular weight is 319 g/mol. The molecule has 0 atom stereocenters. The van der Waals surface area contributed by atoms with Crippen molar-refractivity contribution in [2.24, 2.45) is 0 Å². The molecule has 0 aliphatic carbocycles. The fraction of sp³-hybridized carbons (Fsp3) is 0.412. The van der Waals surface area contributed by atoms with E-state index in [-0.39, 0.29) is 12.5 Å². The number of aromatic nitrogens is 1. The maximum absolute atomic E-state index is 12.5. The highest BCUT2D eigenvalue weighted by atomic mass is 35.5. The largest absolute Gasteiger partial charge is 0.341 e. The molecule has 0 bridgehead atoms. The first-order valence-electron chi connectivity index (χ1n) is 7.70. The van der Waals surface area contributed by atoms with Gasteiger partial charge in [-0.1, -0.05) is 24.4 Å². The van der Waals surface area contributed by atoms with Gasteiger partial charge in [-0.2, -0.15) is 0 Å². The van der Waals surface area contributed by atoms with Crippen LogP contribution in [0.25, 0.3) is 10.9 Å². The van der Waals surface area contributed by atoms with Crippen molar-refractivity contribution in [1.82, 2.24) is 9.47 Å². The molecule has 116 valence electrons. The number of nitrogens with zero attached hydrogens (tertiary/aromatic N) is 2. The predicted octanol–water partition coefficient (Wildman–Crippen LogP) is 3.51. The molecule has 1 aliphatic rings. The quantitative estimate of drug-likeness (QED) is 0.813. The number of rotatable bonds is 3. The molecule has 0 radical (unpaired) electrons. The van der Waals surface area contributed by atoms with Crippen LogP contribution in [0.15, 0.2) is 24.4 Å². The van der Waals surface area contributed by atoms with Crippen LogP contribution < -0.4 is 0 Å². The summed E-state index contributed by atoms with van der Waals surface area (Å²) in [7, 11) is 0. The zero-order valence-corrected chi connectivity index (χ0v) is 13.2. The second-order valence-electron chi connectivity index (χ2n) is 5.79. The monoisotopic (exact) mass is 318 g/mol. The number of carbonyl (C=O) groups is 2. The minimum absolute atomic E-state index is 0.117. The van der Waals surface area contributed by atoms with Crippen molar-refractivity contribution in [3.05, 3.63) is 35.0 Å². The average Bonchev–Trinajstić information content (AvgIpc) is 2.69. The van der Waals surface area contributed by atoms with Crippen molar-refractivity contribution in [3.8, 4) is 0 Å². The molecule has 2 aromatic rings. The number of halogens is 1. The number of likely N-dealkylation sites (tertiary alicyclic amines) is 1. The number of benzene rings is 1. The Morgan fingerprint density at radius 1 is 1.18 bits per heavy atom. The van der Waals surface area contributed by atoms with Gasteiger partial charge in [0.05, 0.1) is 0 Å². The van der Waals surface area contributed by atoms with E-state index in [1.165, 1.54) is 12.8 Å². The van der Waals surface area contributed by atoms with E-state index in [0.717, 1.165) is 43.1 Å². The van der Waals surface area contributed by atoms with Gasteiger partial charge in [0, 0.05) is 40.8 Å². The first kappa shape index (κ1) is 15.1. The van der Waals surface area contributed by atoms with Crippen LogP contribution in [0.5, 0.6) is 0 Å². The summed E-state index contributed by atoms with van der Waals surface area (Å²) in [6.45, 7) is 1.95. The molecule has 3 rings (SSSR count). The van der Waals surface area contributed by atoms with Crippen molar-refractivity contribution in [2.75, 3.05) is 13.1 Å². The second-order valence-corrected chi connectivity index (χ2v) is 6.22. The Labute approximate surface area is 134 Å². The molecule has 1 aromatic carbocycles. The minimum Gasteiger partial charge on any atom is -0.341 e. The van der Waals surface area contributed by atoms with Gasteiger partial charge in [-0.3, -0.25) is 9.59 Å². The molecule has 2 heterocycles. The van der Waals surface area contributed by atoms with Crippen LogP contribution in [0.2, 0.25) is 5.02 Å². The van der Waals surface area contributed by atoms with Gasteiger partial charge < -0.3 is 9.47 Å². The summed E-state index contributed by atoms with van der Waals surface area (Å²) in [5, 5.41) is 1.39. The SMILES string of the molecule is O=Cc1cn(CC(=O)N2CCCCCC2)c2ccc(Cl)cc12. The van der Waals surface area contributed by atoms with Crippen LogP contribution in [0.1, 0.15) is 36.0 Å². The fourth-order valence-electron chi connectivity index (χ4n) is 3.09. The van der Waals surface area contributed by atoms with Gasteiger partial charge in [0.25, 0.3) is 0 Å². The zero-order valence-electron chi connectivity index (χ0n) is 12.4. The summed E-state index contributed by atoms with van der Waals surface area (Å²) in [6, 6.07) is 5.42. The Kier molecular flexibility index (Phi) is 4.48. The number of carbonyl (C=O) groups excluding carboxylic acids is 2. The highest BCUT2D eigenvalue weighted by Crippen LogP contribution is 2.24. The molecule has 0 N–H and O–H groups in total. The van der Waals surface area contributed by atoms with E-state index in [1.54, 1.807) is 18.3 Å². The van der Waals surface area contributed by atoms with Gasteiger partial charge in [-0.15, -0.1) is 0 Å². The van der Waals surface area contributed by atoms with Crippen LogP contribution in [0.4, 0.5) is 0 Å². The molecule has 0 saturated carbocycles. The van der Waals surface area contributed by atoms with E-state index in [9.17, 15) is 9.59 Å². The van der Waals surface area contributed by atoms with Gasteiger partial charge in [-0.25, -0.2) is 0 Å². The Balaban J connectivity index is 1.87. The summed E-state index contributed by atoms with van der Waals surface area (Å²) in [6.07, 6.45) is 7.10. The number of fused-ring (bicyclic) bond motifs is 1. The molecule has 5 heteroatoms. The standard InChI is InChI=1S/C17H19ClN2O2/c18-14-5-6-16-15(9-14)13(12-21)10-20(16)11-17(22)19-7-3-1-2-4-8-19/h5-6,9-10,12H,1-4,7-8,11H2. The van der Waals surface area contributed by atoms with E-state index in [0.29, 0.717) is 10.6 Å². The van der Waals surface area contributed by atoms with Gasteiger partial charge in [0.15, 0.2) is 6.29 Å². The predicted molar refractivity (Wildman–Crippen MR) is 87.4 cm³/mol. The lowest BCUT2D eigenvalue weighted by atomic mass is 10.2. The number of hydrogen-bond acceptors (Lipinski definition) is 2. The molecule has 0 spiro atoms. The first-order valence-corrected chi connectivity index (χ1v) is 8.08. The van der Waals surface area contributed by atoms with Crippen molar-refractivity contribution in [2.45, 2.75) is 32.2 Å². The van der Waals surface area contributed by atoms with Crippen LogP contribution in [-0.2, 0) is 11.3 Å². The number of hydrogen-bond donors (Lipinski definition) is 0.